The molecule has 3 aromatic rings. The Bertz CT molecular complexity index is 1150. The Balaban J connectivity index is 1.43. The number of benzene rings is 2. The van der Waals surface area contributed by atoms with Gasteiger partial charge in [-0.3, -0.25) is 4.79 Å². The molecule has 1 fully saturated rings. The number of rotatable bonds is 7. The number of carbonyl (C=O) groups is 1. The number of nitrogens with zero attached hydrogens (tertiary/aromatic N) is 2. The second-order valence-electron chi connectivity index (χ2n) is 7.95. The summed E-state index contributed by atoms with van der Waals surface area (Å²) in [5, 5.41) is 13.8. The highest BCUT2D eigenvalue weighted by atomic mass is 16.7. The number of anilines is 1. The molecule has 0 radical (unpaired) electrons. The van der Waals surface area contributed by atoms with Crippen molar-refractivity contribution in [1.29, 1.82) is 0 Å². The predicted octanol–water partition coefficient (Wildman–Crippen LogP) is 4.27. The molecule has 7 heteroatoms. The van der Waals surface area contributed by atoms with Gasteiger partial charge in [-0.25, -0.2) is 4.98 Å². The Morgan fingerprint density at radius 1 is 1.06 bits per heavy atom. The van der Waals surface area contributed by atoms with E-state index in [0.717, 1.165) is 37.1 Å². The quantitative estimate of drug-likeness (QED) is 0.544. The molecule has 0 spiro atoms. The lowest BCUT2D eigenvalue weighted by Crippen LogP contribution is -2.27. The maximum Gasteiger partial charge on any atom is 0.231 e. The van der Waals surface area contributed by atoms with Gasteiger partial charge in [0.2, 0.25) is 12.7 Å². The number of aromatic hydroxyl groups is 1. The van der Waals surface area contributed by atoms with Crippen molar-refractivity contribution in [2.75, 3.05) is 31.7 Å². The van der Waals surface area contributed by atoms with Gasteiger partial charge in [0.05, 0.1) is 5.69 Å². The van der Waals surface area contributed by atoms with Crippen LogP contribution in [-0.4, -0.2) is 47.3 Å². The summed E-state index contributed by atoms with van der Waals surface area (Å²) in [7, 11) is 0. The van der Waals surface area contributed by atoms with Crippen molar-refractivity contribution in [3.05, 3.63) is 54.6 Å². The summed E-state index contributed by atoms with van der Waals surface area (Å²) in [6.07, 6.45) is 2.45. The highest BCUT2D eigenvalue weighted by Crippen LogP contribution is 2.42. The van der Waals surface area contributed by atoms with Gasteiger partial charge in [0, 0.05) is 37.2 Å². The van der Waals surface area contributed by atoms with Crippen molar-refractivity contribution < 1.29 is 19.4 Å². The Morgan fingerprint density at radius 2 is 1.94 bits per heavy atom. The lowest BCUT2D eigenvalue weighted by molar-refractivity contribution is -0.127. The first-order chi connectivity index (χ1) is 15.7. The standard InChI is InChI=1S/C25H25N3O4/c29-21-8-2-1-6-19(21)20-14-17(18-7-3-9-22-25(18)32-16-31-22)15-23(27-20)26-11-5-13-28-12-4-10-24(28)30/h1-3,6-9,14-15,29H,4-5,10-13,16H2,(H,26,27). The number of carbonyl (C=O) groups excluding carboxylic acids is 1. The van der Waals surface area contributed by atoms with E-state index >= 15 is 0 Å². The van der Waals surface area contributed by atoms with E-state index in [4.69, 9.17) is 14.5 Å². The number of nitrogens with one attached hydrogen (secondary N) is 1. The van der Waals surface area contributed by atoms with Crippen molar-refractivity contribution >= 4 is 11.7 Å². The molecule has 1 aromatic heterocycles. The van der Waals surface area contributed by atoms with Gasteiger partial charge in [-0.1, -0.05) is 24.3 Å². The van der Waals surface area contributed by atoms with E-state index in [0.29, 0.717) is 41.5 Å². The summed E-state index contributed by atoms with van der Waals surface area (Å²) in [6.45, 7) is 2.48. The van der Waals surface area contributed by atoms with Crippen molar-refractivity contribution in [3.63, 3.8) is 0 Å². The minimum atomic E-state index is 0.175. The van der Waals surface area contributed by atoms with Crippen molar-refractivity contribution in [3.8, 4) is 39.6 Å². The third-order valence-electron chi connectivity index (χ3n) is 5.80. The molecule has 0 bridgehead atoms. The molecule has 32 heavy (non-hydrogen) atoms. The molecular formula is C25H25N3O4. The number of fused-ring (bicyclic) bond motifs is 1. The van der Waals surface area contributed by atoms with Crippen LogP contribution in [-0.2, 0) is 4.79 Å². The molecule has 1 saturated heterocycles. The molecule has 3 heterocycles. The van der Waals surface area contributed by atoms with E-state index in [1.807, 2.05) is 47.4 Å². The molecule has 0 aliphatic carbocycles. The molecule has 2 aliphatic rings. The molecule has 2 aliphatic heterocycles. The molecule has 0 unspecified atom stereocenters. The van der Waals surface area contributed by atoms with Crippen LogP contribution in [0.2, 0.25) is 0 Å². The summed E-state index contributed by atoms with van der Waals surface area (Å²) in [6, 6.07) is 16.9. The fourth-order valence-corrected chi connectivity index (χ4v) is 4.19. The number of aromatic nitrogens is 1. The Kier molecular flexibility index (Phi) is 5.54. The smallest absolute Gasteiger partial charge is 0.231 e. The average molecular weight is 431 g/mol. The van der Waals surface area contributed by atoms with Gasteiger partial charge in [0.15, 0.2) is 11.5 Å². The fraction of sp³-hybridized carbons (Fsp3) is 0.280. The van der Waals surface area contributed by atoms with E-state index in [2.05, 4.69) is 5.32 Å². The second-order valence-corrected chi connectivity index (χ2v) is 7.95. The van der Waals surface area contributed by atoms with Gasteiger partial charge in [0.1, 0.15) is 11.6 Å². The van der Waals surface area contributed by atoms with E-state index in [1.54, 1.807) is 12.1 Å². The van der Waals surface area contributed by atoms with Gasteiger partial charge < -0.3 is 24.8 Å². The van der Waals surface area contributed by atoms with Crippen LogP contribution in [0, 0.1) is 0 Å². The van der Waals surface area contributed by atoms with E-state index < -0.39 is 0 Å². The van der Waals surface area contributed by atoms with Crippen molar-refractivity contribution in [2.45, 2.75) is 19.3 Å². The monoisotopic (exact) mass is 431 g/mol. The van der Waals surface area contributed by atoms with E-state index in [1.165, 1.54) is 0 Å². The summed E-state index contributed by atoms with van der Waals surface area (Å²) in [4.78, 5) is 18.5. The summed E-state index contributed by atoms with van der Waals surface area (Å²) in [5.74, 6) is 2.54. The topological polar surface area (TPSA) is 83.9 Å². The first kappa shape index (κ1) is 20.2. The summed E-state index contributed by atoms with van der Waals surface area (Å²) < 4.78 is 11.2. The zero-order valence-electron chi connectivity index (χ0n) is 17.7. The van der Waals surface area contributed by atoms with Crippen LogP contribution in [0.4, 0.5) is 5.82 Å². The highest BCUT2D eigenvalue weighted by Gasteiger charge is 2.21. The van der Waals surface area contributed by atoms with Crippen LogP contribution < -0.4 is 14.8 Å². The fourth-order valence-electron chi connectivity index (χ4n) is 4.19. The number of para-hydroxylation sites is 2. The minimum Gasteiger partial charge on any atom is -0.507 e. The van der Waals surface area contributed by atoms with Gasteiger partial charge in [-0.05, 0) is 48.7 Å². The number of pyridine rings is 1. The maximum atomic E-state index is 11.8. The first-order valence-electron chi connectivity index (χ1n) is 10.9. The number of hydrogen-bond donors (Lipinski definition) is 2. The van der Waals surface area contributed by atoms with Crippen molar-refractivity contribution in [1.82, 2.24) is 9.88 Å². The molecule has 164 valence electrons. The Morgan fingerprint density at radius 3 is 2.78 bits per heavy atom. The lowest BCUT2D eigenvalue weighted by atomic mass is 10.0. The van der Waals surface area contributed by atoms with Crippen molar-refractivity contribution in [2.24, 2.45) is 0 Å². The number of phenols is 1. The number of phenolic OH excluding ortho intramolecular Hbond substituents is 1. The van der Waals surface area contributed by atoms with Gasteiger partial charge in [0.25, 0.3) is 0 Å². The average Bonchev–Trinajstić information content (AvgIpc) is 3.45. The largest absolute Gasteiger partial charge is 0.507 e. The van der Waals surface area contributed by atoms with Crippen LogP contribution in [0.5, 0.6) is 17.2 Å². The lowest BCUT2D eigenvalue weighted by Gasteiger charge is -2.16. The molecule has 5 rings (SSSR count). The summed E-state index contributed by atoms with van der Waals surface area (Å²) in [5.41, 5.74) is 3.14. The maximum absolute atomic E-state index is 11.8. The SMILES string of the molecule is O=C1CCCN1CCCNc1cc(-c2cccc3c2OCO3)cc(-c2ccccc2O)n1. The van der Waals surface area contributed by atoms with Crippen LogP contribution in [0.15, 0.2) is 54.6 Å². The zero-order chi connectivity index (χ0) is 21.9. The Hall–Kier alpha value is -3.74. The number of likely N-dealkylation sites (tertiary alicyclic amines) is 1. The Labute approximate surface area is 186 Å². The van der Waals surface area contributed by atoms with Gasteiger partial charge in [-0.15, -0.1) is 0 Å². The van der Waals surface area contributed by atoms with Crippen LogP contribution in [0.3, 0.4) is 0 Å². The van der Waals surface area contributed by atoms with Gasteiger partial charge >= 0.3 is 0 Å². The van der Waals surface area contributed by atoms with E-state index in [-0.39, 0.29) is 18.4 Å². The van der Waals surface area contributed by atoms with Crippen LogP contribution in [0.25, 0.3) is 22.4 Å². The zero-order valence-corrected chi connectivity index (χ0v) is 17.7. The van der Waals surface area contributed by atoms with Crippen LogP contribution in [0.1, 0.15) is 19.3 Å². The normalized spacial score (nSPS) is 14.8. The summed E-state index contributed by atoms with van der Waals surface area (Å²) >= 11 is 0. The first-order valence-corrected chi connectivity index (χ1v) is 10.9. The molecule has 7 nitrogen and oxygen atoms in total. The highest BCUT2D eigenvalue weighted by molar-refractivity contribution is 5.81. The number of hydrogen-bond acceptors (Lipinski definition) is 6. The second kappa shape index (κ2) is 8.78. The molecule has 2 N–H and O–H groups in total. The number of ether oxygens (including phenoxy) is 2. The molecule has 0 saturated carbocycles. The molecule has 0 atom stereocenters. The van der Waals surface area contributed by atoms with E-state index in [9.17, 15) is 9.90 Å². The van der Waals surface area contributed by atoms with Crippen LogP contribution >= 0.6 is 0 Å². The molecule has 1 amide bonds. The number of amides is 1. The molecular weight excluding hydrogens is 406 g/mol. The van der Waals surface area contributed by atoms with Gasteiger partial charge in [-0.2, -0.15) is 0 Å². The third-order valence-corrected chi connectivity index (χ3v) is 5.80. The molecule has 2 aromatic carbocycles. The predicted molar refractivity (Wildman–Crippen MR) is 122 cm³/mol. The minimum absolute atomic E-state index is 0.175. The third kappa shape index (κ3) is 4.06.